The van der Waals surface area contributed by atoms with Gasteiger partial charge in [0.2, 0.25) is 5.91 Å². The van der Waals surface area contributed by atoms with E-state index >= 15 is 0 Å². The summed E-state index contributed by atoms with van der Waals surface area (Å²) in [5.41, 5.74) is 0. The summed E-state index contributed by atoms with van der Waals surface area (Å²) in [7, 11) is 0. The molecule has 0 aromatic rings. The topological polar surface area (TPSA) is 20.3 Å². The van der Waals surface area contributed by atoms with Crippen LogP contribution in [0.3, 0.4) is 0 Å². The van der Waals surface area contributed by atoms with Crippen molar-refractivity contribution in [1.82, 2.24) is 4.90 Å². The molecule has 2 aliphatic rings. The van der Waals surface area contributed by atoms with Gasteiger partial charge in [-0.2, -0.15) is 0 Å². The van der Waals surface area contributed by atoms with Crippen LogP contribution in [0.2, 0.25) is 0 Å². The van der Waals surface area contributed by atoms with Crippen LogP contribution < -0.4 is 0 Å². The Hall–Kier alpha value is -0.530. The zero-order valence-corrected chi connectivity index (χ0v) is 7.92. The van der Waals surface area contributed by atoms with Crippen LogP contribution in [0.1, 0.15) is 39.5 Å². The van der Waals surface area contributed by atoms with E-state index in [1.807, 2.05) is 0 Å². The SMILES string of the molecule is CC(C)N(C(=O)C1CC1)C1CC1. The van der Waals surface area contributed by atoms with Gasteiger partial charge in [-0.15, -0.1) is 0 Å². The molecule has 0 heterocycles. The van der Waals surface area contributed by atoms with Crippen molar-refractivity contribution in [1.29, 1.82) is 0 Å². The second-order valence-electron chi connectivity index (χ2n) is 4.34. The Labute approximate surface area is 73.9 Å². The molecule has 0 aromatic carbocycles. The maximum atomic E-state index is 11.8. The summed E-state index contributed by atoms with van der Waals surface area (Å²) >= 11 is 0. The molecule has 0 radical (unpaired) electrons. The molecule has 12 heavy (non-hydrogen) atoms. The first-order chi connectivity index (χ1) is 5.70. The lowest BCUT2D eigenvalue weighted by Crippen LogP contribution is -2.39. The Morgan fingerprint density at radius 2 is 1.83 bits per heavy atom. The minimum absolute atomic E-state index is 0.396. The van der Waals surface area contributed by atoms with Crippen molar-refractivity contribution in [3.05, 3.63) is 0 Å². The summed E-state index contributed by atoms with van der Waals surface area (Å²) in [5.74, 6) is 0.820. The van der Waals surface area contributed by atoms with E-state index in [0.29, 0.717) is 23.9 Å². The van der Waals surface area contributed by atoms with Gasteiger partial charge >= 0.3 is 0 Å². The summed E-state index contributed by atoms with van der Waals surface area (Å²) in [5, 5.41) is 0. The fourth-order valence-electron chi connectivity index (χ4n) is 1.75. The van der Waals surface area contributed by atoms with Gasteiger partial charge in [-0.05, 0) is 39.5 Å². The summed E-state index contributed by atoms with van der Waals surface area (Å²) in [4.78, 5) is 13.9. The molecule has 2 rings (SSSR count). The molecule has 2 nitrogen and oxygen atoms in total. The molecular formula is C10H17NO. The lowest BCUT2D eigenvalue weighted by Gasteiger charge is -2.26. The number of amides is 1. The fraction of sp³-hybridized carbons (Fsp3) is 0.900. The molecule has 2 heteroatoms. The number of hydrogen-bond acceptors (Lipinski definition) is 1. The molecule has 0 atom stereocenters. The van der Waals surface area contributed by atoms with Crippen LogP contribution in [0, 0.1) is 5.92 Å². The van der Waals surface area contributed by atoms with Gasteiger partial charge in [0.05, 0.1) is 0 Å². The molecule has 0 spiro atoms. The van der Waals surface area contributed by atoms with E-state index in [1.165, 1.54) is 12.8 Å². The lowest BCUT2D eigenvalue weighted by molar-refractivity contribution is -0.134. The van der Waals surface area contributed by atoms with Crippen molar-refractivity contribution < 1.29 is 4.79 Å². The van der Waals surface area contributed by atoms with Crippen LogP contribution in [-0.4, -0.2) is 22.9 Å². The van der Waals surface area contributed by atoms with E-state index < -0.39 is 0 Å². The van der Waals surface area contributed by atoms with Gasteiger partial charge in [0, 0.05) is 18.0 Å². The normalized spacial score (nSPS) is 22.9. The summed E-state index contributed by atoms with van der Waals surface area (Å²) in [6, 6.07) is 1.00. The van der Waals surface area contributed by atoms with Crippen molar-refractivity contribution in [2.75, 3.05) is 0 Å². The van der Waals surface area contributed by atoms with Gasteiger partial charge in [-0.1, -0.05) is 0 Å². The van der Waals surface area contributed by atoms with Crippen LogP contribution in [0.25, 0.3) is 0 Å². The average Bonchev–Trinajstić information content (AvgIpc) is 2.84. The van der Waals surface area contributed by atoms with Gasteiger partial charge in [0.15, 0.2) is 0 Å². The van der Waals surface area contributed by atoms with Crippen molar-refractivity contribution >= 4 is 5.91 Å². The van der Waals surface area contributed by atoms with E-state index in [0.717, 1.165) is 12.8 Å². The van der Waals surface area contributed by atoms with E-state index in [9.17, 15) is 4.79 Å². The second kappa shape index (κ2) is 2.75. The Morgan fingerprint density at radius 1 is 1.25 bits per heavy atom. The van der Waals surface area contributed by atoms with Crippen LogP contribution in [0.4, 0.5) is 0 Å². The third kappa shape index (κ3) is 1.47. The highest BCUT2D eigenvalue weighted by atomic mass is 16.2. The minimum Gasteiger partial charge on any atom is -0.337 e. The monoisotopic (exact) mass is 167 g/mol. The zero-order valence-electron chi connectivity index (χ0n) is 7.92. The summed E-state index contributed by atoms with van der Waals surface area (Å²) in [6.07, 6.45) is 4.73. The fourth-order valence-corrected chi connectivity index (χ4v) is 1.75. The number of carbonyl (C=O) groups is 1. The van der Waals surface area contributed by atoms with Gasteiger partial charge in [0.25, 0.3) is 0 Å². The largest absolute Gasteiger partial charge is 0.337 e. The molecule has 0 saturated heterocycles. The van der Waals surface area contributed by atoms with E-state index in [2.05, 4.69) is 18.7 Å². The minimum atomic E-state index is 0.396. The first-order valence-electron chi connectivity index (χ1n) is 5.02. The number of carbonyl (C=O) groups excluding carboxylic acids is 1. The van der Waals surface area contributed by atoms with Crippen molar-refractivity contribution in [2.24, 2.45) is 5.92 Å². The van der Waals surface area contributed by atoms with E-state index in [-0.39, 0.29) is 0 Å². The van der Waals surface area contributed by atoms with Gasteiger partial charge in [-0.3, -0.25) is 4.79 Å². The van der Waals surface area contributed by atoms with Crippen LogP contribution >= 0.6 is 0 Å². The van der Waals surface area contributed by atoms with Crippen LogP contribution in [0.5, 0.6) is 0 Å². The van der Waals surface area contributed by atoms with Crippen LogP contribution in [0.15, 0.2) is 0 Å². The highest BCUT2D eigenvalue weighted by Crippen LogP contribution is 2.36. The number of rotatable bonds is 3. The third-order valence-electron chi connectivity index (χ3n) is 2.68. The third-order valence-corrected chi connectivity index (χ3v) is 2.68. The molecule has 2 saturated carbocycles. The maximum Gasteiger partial charge on any atom is 0.226 e. The Morgan fingerprint density at radius 3 is 2.17 bits per heavy atom. The molecule has 68 valence electrons. The quantitative estimate of drug-likeness (QED) is 0.627. The number of nitrogens with zero attached hydrogens (tertiary/aromatic N) is 1. The average molecular weight is 167 g/mol. The predicted molar refractivity (Wildman–Crippen MR) is 47.7 cm³/mol. The van der Waals surface area contributed by atoms with Crippen LogP contribution in [-0.2, 0) is 4.79 Å². The molecule has 0 bridgehead atoms. The van der Waals surface area contributed by atoms with E-state index in [4.69, 9.17) is 0 Å². The molecule has 0 unspecified atom stereocenters. The lowest BCUT2D eigenvalue weighted by atomic mass is 10.2. The standard InChI is InChI=1S/C10H17NO/c1-7(2)11(9-5-6-9)10(12)8-3-4-8/h7-9H,3-6H2,1-2H3. The highest BCUT2D eigenvalue weighted by Gasteiger charge is 2.40. The Kier molecular flexibility index (Phi) is 1.85. The summed E-state index contributed by atoms with van der Waals surface area (Å²) < 4.78 is 0. The molecular weight excluding hydrogens is 150 g/mol. The second-order valence-corrected chi connectivity index (χ2v) is 4.34. The molecule has 2 aliphatic carbocycles. The molecule has 0 aromatic heterocycles. The summed E-state index contributed by atoms with van der Waals surface area (Å²) in [6.45, 7) is 4.25. The van der Waals surface area contributed by atoms with Gasteiger partial charge in [0.1, 0.15) is 0 Å². The Bertz CT molecular complexity index is 190. The Balaban J connectivity index is 1.98. The van der Waals surface area contributed by atoms with E-state index in [1.54, 1.807) is 0 Å². The number of hydrogen-bond donors (Lipinski definition) is 0. The van der Waals surface area contributed by atoms with Crippen molar-refractivity contribution in [3.8, 4) is 0 Å². The maximum absolute atomic E-state index is 11.8. The van der Waals surface area contributed by atoms with Gasteiger partial charge in [-0.25, -0.2) is 0 Å². The first kappa shape index (κ1) is 8.09. The smallest absolute Gasteiger partial charge is 0.226 e. The predicted octanol–water partition coefficient (Wildman–Crippen LogP) is 1.80. The zero-order chi connectivity index (χ0) is 8.72. The van der Waals surface area contributed by atoms with Crippen molar-refractivity contribution in [3.63, 3.8) is 0 Å². The molecule has 0 N–H and O–H groups in total. The first-order valence-corrected chi connectivity index (χ1v) is 5.02. The van der Waals surface area contributed by atoms with Crippen molar-refractivity contribution in [2.45, 2.75) is 51.6 Å². The molecule has 2 fully saturated rings. The van der Waals surface area contributed by atoms with Gasteiger partial charge < -0.3 is 4.90 Å². The highest BCUT2D eigenvalue weighted by molar-refractivity contribution is 5.81. The molecule has 1 amide bonds. The molecule has 0 aliphatic heterocycles.